The number of cyclic esters (lactones) is 1. The molecule has 1 aromatic heterocycles. The van der Waals surface area contributed by atoms with Gasteiger partial charge < -0.3 is 9.30 Å². The Kier molecular flexibility index (Phi) is 3.12. The molecule has 6 nitrogen and oxygen atoms in total. The van der Waals surface area contributed by atoms with Gasteiger partial charge in [0.05, 0.1) is 18.1 Å². The van der Waals surface area contributed by atoms with Crippen molar-refractivity contribution in [3.8, 4) is 0 Å². The molecule has 6 heteroatoms. The van der Waals surface area contributed by atoms with Crippen LogP contribution in [-0.4, -0.2) is 39.1 Å². The molecule has 1 aromatic rings. The Morgan fingerprint density at radius 3 is 3.00 bits per heavy atom. The largest absolute Gasteiger partial charge is 0.447 e. The predicted molar refractivity (Wildman–Crippen MR) is 59.2 cm³/mol. The maximum atomic E-state index is 11.6. The lowest BCUT2D eigenvalue weighted by molar-refractivity contribution is -0.128. The first-order valence-corrected chi connectivity index (χ1v) is 5.57. The van der Waals surface area contributed by atoms with Crippen LogP contribution in [0.1, 0.15) is 19.0 Å². The second kappa shape index (κ2) is 4.57. The normalized spacial score (nSPS) is 19.5. The number of hydrogen-bond acceptors (Lipinski definition) is 4. The molecule has 17 heavy (non-hydrogen) atoms. The zero-order valence-electron chi connectivity index (χ0n) is 9.92. The summed E-state index contributed by atoms with van der Waals surface area (Å²) in [5.41, 5.74) is 0.852. The third-order valence-electron chi connectivity index (χ3n) is 2.74. The number of carbonyl (C=O) groups excluding carboxylic acids is 2. The number of ether oxygens (including phenoxy) is 1. The molecule has 0 N–H and O–H groups in total. The maximum Gasteiger partial charge on any atom is 0.416 e. The van der Waals surface area contributed by atoms with Gasteiger partial charge >= 0.3 is 6.09 Å². The van der Waals surface area contributed by atoms with Crippen molar-refractivity contribution in [2.75, 3.05) is 6.61 Å². The molecule has 0 saturated carbocycles. The lowest BCUT2D eigenvalue weighted by Gasteiger charge is -2.17. The Morgan fingerprint density at radius 2 is 2.41 bits per heavy atom. The van der Waals surface area contributed by atoms with E-state index in [2.05, 4.69) is 4.98 Å². The number of hydrogen-bond donors (Lipinski definition) is 0. The van der Waals surface area contributed by atoms with Gasteiger partial charge in [0.25, 0.3) is 0 Å². The summed E-state index contributed by atoms with van der Waals surface area (Å²) in [5, 5.41) is 0. The molecule has 1 atom stereocenters. The maximum absolute atomic E-state index is 11.6. The Hall–Kier alpha value is -1.85. The minimum atomic E-state index is -0.544. The molecule has 0 spiro atoms. The number of imide groups is 1. The minimum Gasteiger partial charge on any atom is -0.447 e. The van der Waals surface area contributed by atoms with Gasteiger partial charge in [0, 0.05) is 26.1 Å². The van der Waals surface area contributed by atoms with E-state index in [9.17, 15) is 9.59 Å². The SMILES string of the molecule is CCC(=O)N1C(=O)OC[C@@H]1Cc1cn(C)cn1. The fourth-order valence-electron chi connectivity index (χ4n) is 1.90. The van der Waals surface area contributed by atoms with Crippen molar-refractivity contribution in [1.82, 2.24) is 14.5 Å². The van der Waals surface area contributed by atoms with Crippen LogP contribution < -0.4 is 0 Å². The molecule has 0 radical (unpaired) electrons. The van der Waals surface area contributed by atoms with Crippen LogP contribution in [0.2, 0.25) is 0 Å². The number of nitrogens with zero attached hydrogens (tertiary/aromatic N) is 3. The average Bonchev–Trinajstić information content (AvgIpc) is 2.86. The number of amides is 2. The molecule has 0 aromatic carbocycles. The third-order valence-corrected chi connectivity index (χ3v) is 2.74. The summed E-state index contributed by atoms with van der Waals surface area (Å²) in [7, 11) is 1.88. The fourth-order valence-corrected chi connectivity index (χ4v) is 1.90. The first kappa shape index (κ1) is 11.6. The smallest absolute Gasteiger partial charge is 0.416 e. The molecule has 92 valence electrons. The van der Waals surface area contributed by atoms with Crippen LogP contribution in [0.5, 0.6) is 0 Å². The topological polar surface area (TPSA) is 64.4 Å². The van der Waals surface area contributed by atoms with Gasteiger partial charge in [-0.2, -0.15) is 0 Å². The monoisotopic (exact) mass is 237 g/mol. The molecule has 2 heterocycles. The highest BCUT2D eigenvalue weighted by Gasteiger charge is 2.37. The lowest BCUT2D eigenvalue weighted by Crippen LogP contribution is -2.39. The van der Waals surface area contributed by atoms with Crippen LogP contribution >= 0.6 is 0 Å². The molecule has 1 aliphatic heterocycles. The number of carbonyl (C=O) groups is 2. The van der Waals surface area contributed by atoms with E-state index in [1.165, 1.54) is 4.90 Å². The van der Waals surface area contributed by atoms with Crippen LogP contribution in [0.15, 0.2) is 12.5 Å². The summed E-state index contributed by atoms with van der Waals surface area (Å²) in [6.45, 7) is 1.98. The van der Waals surface area contributed by atoms with Crippen LogP contribution in [0.25, 0.3) is 0 Å². The quantitative estimate of drug-likeness (QED) is 0.777. The number of aryl methyl sites for hydroxylation is 1. The second-order valence-electron chi connectivity index (χ2n) is 4.08. The Bertz CT molecular complexity index is 441. The number of imidazole rings is 1. The standard InChI is InChI=1S/C11H15N3O3/c1-3-10(15)14-9(6-17-11(14)16)4-8-5-13(2)7-12-8/h5,7,9H,3-4,6H2,1-2H3/t9-/m0/s1. The van der Waals surface area contributed by atoms with Crippen LogP contribution in [0.3, 0.4) is 0 Å². The van der Waals surface area contributed by atoms with Gasteiger partial charge in [-0.3, -0.25) is 4.79 Å². The summed E-state index contributed by atoms with van der Waals surface area (Å²) in [6, 6.07) is -0.232. The Balaban J connectivity index is 2.09. The highest BCUT2D eigenvalue weighted by atomic mass is 16.6. The van der Waals surface area contributed by atoms with E-state index < -0.39 is 6.09 Å². The van der Waals surface area contributed by atoms with E-state index in [1.807, 2.05) is 17.8 Å². The van der Waals surface area contributed by atoms with Crippen LogP contribution in [0.4, 0.5) is 4.79 Å². The number of rotatable bonds is 3. The van der Waals surface area contributed by atoms with E-state index in [0.29, 0.717) is 12.8 Å². The summed E-state index contributed by atoms with van der Waals surface area (Å²) < 4.78 is 6.74. The van der Waals surface area contributed by atoms with Crippen molar-refractivity contribution in [3.63, 3.8) is 0 Å². The molecule has 2 amide bonds. The molecule has 1 saturated heterocycles. The second-order valence-corrected chi connectivity index (χ2v) is 4.08. The van der Waals surface area contributed by atoms with Gasteiger partial charge in [-0.15, -0.1) is 0 Å². The highest BCUT2D eigenvalue weighted by Crippen LogP contribution is 2.17. The van der Waals surface area contributed by atoms with Crippen molar-refractivity contribution in [3.05, 3.63) is 18.2 Å². The zero-order chi connectivity index (χ0) is 12.4. The highest BCUT2D eigenvalue weighted by molar-refractivity contribution is 5.93. The van der Waals surface area contributed by atoms with E-state index in [4.69, 9.17) is 4.74 Å². The van der Waals surface area contributed by atoms with Crippen LogP contribution in [0, 0.1) is 0 Å². The van der Waals surface area contributed by atoms with E-state index in [-0.39, 0.29) is 18.6 Å². The molecule has 0 bridgehead atoms. The third kappa shape index (κ3) is 2.30. The number of aromatic nitrogens is 2. The van der Waals surface area contributed by atoms with Crippen molar-refractivity contribution < 1.29 is 14.3 Å². The summed E-state index contributed by atoms with van der Waals surface area (Å²) in [5.74, 6) is -0.201. The lowest BCUT2D eigenvalue weighted by atomic mass is 10.1. The van der Waals surface area contributed by atoms with Crippen LogP contribution in [-0.2, 0) is 23.0 Å². The predicted octanol–water partition coefficient (Wildman–Crippen LogP) is 0.720. The van der Waals surface area contributed by atoms with Gasteiger partial charge in [-0.05, 0) is 0 Å². The Morgan fingerprint density at radius 1 is 1.65 bits per heavy atom. The van der Waals surface area contributed by atoms with Gasteiger partial charge in [0.15, 0.2) is 0 Å². The molecule has 0 unspecified atom stereocenters. The van der Waals surface area contributed by atoms with E-state index in [0.717, 1.165) is 5.69 Å². The van der Waals surface area contributed by atoms with Gasteiger partial charge in [-0.25, -0.2) is 14.7 Å². The van der Waals surface area contributed by atoms with Gasteiger partial charge in [0.2, 0.25) is 5.91 Å². The molecular formula is C11H15N3O3. The minimum absolute atomic E-state index is 0.201. The van der Waals surface area contributed by atoms with Crippen molar-refractivity contribution in [2.45, 2.75) is 25.8 Å². The van der Waals surface area contributed by atoms with Gasteiger partial charge in [-0.1, -0.05) is 6.92 Å². The summed E-state index contributed by atoms with van der Waals surface area (Å²) in [6.07, 6.45) is 3.86. The summed E-state index contributed by atoms with van der Waals surface area (Å²) in [4.78, 5) is 28.5. The van der Waals surface area contributed by atoms with Crippen molar-refractivity contribution >= 4 is 12.0 Å². The van der Waals surface area contributed by atoms with Gasteiger partial charge in [0.1, 0.15) is 6.61 Å². The molecular weight excluding hydrogens is 222 g/mol. The van der Waals surface area contributed by atoms with E-state index >= 15 is 0 Å². The molecule has 1 aliphatic rings. The molecule has 0 aliphatic carbocycles. The van der Waals surface area contributed by atoms with Crippen molar-refractivity contribution in [1.29, 1.82) is 0 Å². The average molecular weight is 237 g/mol. The zero-order valence-corrected chi connectivity index (χ0v) is 9.92. The first-order valence-electron chi connectivity index (χ1n) is 5.57. The molecule has 2 rings (SSSR count). The summed E-state index contributed by atoms with van der Waals surface area (Å²) >= 11 is 0. The Labute approximate surface area is 99.2 Å². The van der Waals surface area contributed by atoms with Crippen molar-refractivity contribution in [2.24, 2.45) is 7.05 Å². The molecule has 1 fully saturated rings. The fraction of sp³-hybridized carbons (Fsp3) is 0.545. The van der Waals surface area contributed by atoms with E-state index in [1.54, 1.807) is 13.3 Å². The first-order chi connectivity index (χ1) is 8.11.